The number of rotatable bonds is 4. The van der Waals surface area contributed by atoms with Crippen LogP contribution < -0.4 is 4.90 Å². The van der Waals surface area contributed by atoms with Crippen LogP contribution in [0, 0.1) is 12.3 Å². The second-order valence-electron chi connectivity index (χ2n) is 5.56. The maximum atomic E-state index is 9.64. The van der Waals surface area contributed by atoms with E-state index in [0.717, 1.165) is 6.54 Å². The van der Waals surface area contributed by atoms with Crippen LogP contribution >= 0.6 is 0 Å². The van der Waals surface area contributed by atoms with Crippen molar-refractivity contribution in [1.29, 1.82) is 0 Å². The van der Waals surface area contributed by atoms with Crippen molar-refractivity contribution >= 4 is 5.69 Å². The highest BCUT2D eigenvalue weighted by Gasteiger charge is 2.34. The largest absolute Gasteiger partial charge is 0.396 e. The molecule has 17 heavy (non-hydrogen) atoms. The summed E-state index contributed by atoms with van der Waals surface area (Å²) in [5.74, 6) is 0. The van der Waals surface area contributed by atoms with E-state index in [2.05, 4.69) is 43.1 Å². The fourth-order valence-corrected chi connectivity index (χ4v) is 2.95. The van der Waals surface area contributed by atoms with E-state index in [4.69, 9.17) is 0 Å². The van der Waals surface area contributed by atoms with Gasteiger partial charge in [-0.1, -0.05) is 25.0 Å². The first kappa shape index (κ1) is 12.4. The molecule has 0 aliphatic heterocycles. The minimum atomic E-state index is 0.137. The predicted molar refractivity (Wildman–Crippen MR) is 72.4 cm³/mol. The molecule has 0 unspecified atom stereocenters. The van der Waals surface area contributed by atoms with E-state index in [0.29, 0.717) is 6.61 Å². The molecule has 0 aromatic heterocycles. The van der Waals surface area contributed by atoms with Gasteiger partial charge in [0, 0.05) is 24.7 Å². The summed E-state index contributed by atoms with van der Waals surface area (Å²) in [4.78, 5) is 2.29. The molecule has 0 spiro atoms. The topological polar surface area (TPSA) is 23.5 Å². The van der Waals surface area contributed by atoms with Crippen LogP contribution in [-0.4, -0.2) is 25.3 Å². The van der Waals surface area contributed by atoms with Crippen molar-refractivity contribution in [3.63, 3.8) is 0 Å². The van der Waals surface area contributed by atoms with Gasteiger partial charge in [0.25, 0.3) is 0 Å². The second-order valence-corrected chi connectivity index (χ2v) is 5.56. The van der Waals surface area contributed by atoms with E-state index in [9.17, 15) is 5.11 Å². The fraction of sp³-hybridized carbons (Fsp3) is 0.600. The number of anilines is 1. The Kier molecular flexibility index (Phi) is 3.72. The van der Waals surface area contributed by atoms with Gasteiger partial charge in [-0.15, -0.1) is 0 Å². The van der Waals surface area contributed by atoms with Crippen LogP contribution in [0.2, 0.25) is 0 Å². The minimum Gasteiger partial charge on any atom is -0.396 e. The highest BCUT2D eigenvalue weighted by atomic mass is 16.3. The van der Waals surface area contributed by atoms with Crippen molar-refractivity contribution in [1.82, 2.24) is 0 Å². The number of aryl methyl sites for hydroxylation is 1. The SMILES string of the molecule is Cc1cccc(N(C)CC2(CO)CCCC2)c1. The lowest BCUT2D eigenvalue weighted by Gasteiger charge is -2.33. The molecule has 2 heteroatoms. The third-order valence-electron chi connectivity index (χ3n) is 4.01. The first-order valence-corrected chi connectivity index (χ1v) is 6.54. The average molecular weight is 233 g/mol. The zero-order valence-corrected chi connectivity index (χ0v) is 10.9. The third kappa shape index (κ3) is 2.81. The molecule has 1 aliphatic carbocycles. The number of aliphatic hydroxyl groups is 1. The van der Waals surface area contributed by atoms with Gasteiger partial charge in [0.15, 0.2) is 0 Å². The molecule has 1 N–H and O–H groups in total. The van der Waals surface area contributed by atoms with Crippen molar-refractivity contribution in [3.8, 4) is 0 Å². The Balaban J connectivity index is 2.07. The van der Waals surface area contributed by atoms with E-state index >= 15 is 0 Å². The van der Waals surface area contributed by atoms with Gasteiger partial charge in [0.2, 0.25) is 0 Å². The minimum absolute atomic E-state index is 0.137. The van der Waals surface area contributed by atoms with Crippen LogP contribution in [0.1, 0.15) is 31.2 Å². The first-order valence-electron chi connectivity index (χ1n) is 6.54. The summed E-state index contributed by atoms with van der Waals surface area (Å²) in [6, 6.07) is 8.57. The van der Waals surface area contributed by atoms with E-state index in [1.807, 2.05) is 0 Å². The van der Waals surface area contributed by atoms with Gasteiger partial charge in [-0.05, 0) is 37.5 Å². The zero-order valence-electron chi connectivity index (χ0n) is 10.9. The number of hydrogen-bond acceptors (Lipinski definition) is 2. The van der Waals surface area contributed by atoms with Gasteiger partial charge in [0.05, 0.1) is 6.61 Å². The van der Waals surface area contributed by atoms with Gasteiger partial charge in [-0.3, -0.25) is 0 Å². The highest BCUT2D eigenvalue weighted by molar-refractivity contribution is 5.47. The van der Waals surface area contributed by atoms with Gasteiger partial charge in [-0.25, -0.2) is 0 Å². The van der Waals surface area contributed by atoms with Crippen LogP contribution in [0.3, 0.4) is 0 Å². The summed E-state index contributed by atoms with van der Waals surface area (Å²) >= 11 is 0. The molecular formula is C15H23NO. The monoisotopic (exact) mass is 233 g/mol. The maximum Gasteiger partial charge on any atom is 0.0504 e. The Hall–Kier alpha value is -1.02. The molecule has 0 bridgehead atoms. The maximum absolute atomic E-state index is 9.64. The van der Waals surface area contributed by atoms with Gasteiger partial charge >= 0.3 is 0 Å². The van der Waals surface area contributed by atoms with E-state index in [1.165, 1.54) is 36.9 Å². The molecular weight excluding hydrogens is 210 g/mol. The van der Waals surface area contributed by atoms with Crippen molar-refractivity contribution < 1.29 is 5.11 Å². The smallest absolute Gasteiger partial charge is 0.0504 e. The van der Waals surface area contributed by atoms with E-state index < -0.39 is 0 Å². The van der Waals surface area contributed by atoms with Crippen LogP contribution in [0.25, 0.3) is 0 Å². The molecule has 0 saturated heterocycles. The predicted octanol–water partition coefficient (Wildman–Crippen LogP) is 2.98. The molecule has 1 fully saturated rings. The normalized spacial score (nSPS) is 18.3. The third-order valence-corrected chi connectivity index (χ3v) is 4.01. The van der Waals surface area contributed by atoms with Gasteiger partial charge in [0.1, 0.15) is 0 Å². The summed E-state index contributed by atoms with van der Waals surface area (Å²) in [5.41, 5.74) is 2.68. The Bertz CT molecular complexity index is 369. The molecule has 1 aromatic rings. The van der Waals surface area contributed by atoms with Crippen LogP contribution in [0.15, 0.2) is 24.3 Å². The number of nitrogens with zero attached hydrogens (tertiary/aromatic N) is 1. The van der Waals surface area contributed by atoms with Gasteiger partial charge in [-0.2, -0.15) is 0 Å². The zero-order chi connectivity index (χ0) is 12.3. The number of aliphatic hydroxyl groups excluding tert-OH is 1. The summed E-state index contributed by atoms with van der Waals surface area (Å²) in [7, 11) is 2.13. The van der Waals surface area contributed by atoms with E-state index in [1.54, 1.807) is 0 Å². The number of benzene rings is 1. The van der Waals surface area contributed by atoms with Gasteiger partial charge < -0.3 is 10.0 Å². The van der Waals surface area contributed by atoms with Crippen molar-refractivity contribution in [2.24, 2.45) is 5.41 Å². The quantitative estimate of drug-likeness (QED) is 0.864. The summed E-state index contributed by atoms with van der Waals surface area (Å²) in [5, 5.41) is 9.64. The summed E-state index contributed by atoms with van der Waals surface area (Å²) < 4.78 is 0. The fourth-order valence-electron chi connectivity index (χ4n) is 2.95. The first-order chi connectivity index (χ1) is 8.15. The lowest BCUT2D eigenvalue weighted by atomic mass is 9.86. The molecule has 2 nitrogen and oxygen atoms in total. The Labute approximate surface area is 104 Å². The molecule has 1 aromatic carbocycles. The number of hydrogen-bond donors (Lipinski definition) is 1. The molecule has 94 valence electrons. The highest BCUT2D eigenvalue weighted by Crippen LogP contribution is 2.38. The molecule has 1 saturated carbocycles. The lowest BCUT2D eigenvalue weighted by molar-refractivity contribution is 0.137. The summed E-state index contributed by atoms with van der Waals surface area (Å²) in [6.45, 7) is 3.41. The van der Waals surface area contributed by atoms with Crippen LogP contribution in [-0.2, 0) is 0 Å². The molecule has 2 rings (SSSR count). The lowest BCUT2D eigenvalue weighted by Crippen LogP contribution is -2.36. The van der Waals surface area contributed by atoms with Crippen LogP contribution in [0.4, 0.5) is 5.69 Å². The molecule has 1 aliphatic rings. The Morgan fingerprint density at radius 3 is 2.59 bits per heavy atom. The van der Waals surface area contributed by atoms with Crippen molar-refractivity contribution in [2.45, 2.75) is 32.6 Å². The van der Waals surface area contributed by atoms with Crippen molar-refractivity contribution in [2.75, 3.05) is 25.1 Å². The summed E-state index contributed by atoms with van der Waals surface area (Å²) in [6.07, 6.45) is 4.86. The average Bonchev–Trinajstić information content (AvgIpc) is 2.78. The standard InChI is InChI=1S/C15H23NO/c1-13-6-5-7-14(10-13)16(2)11-15(12-17)8-3-4-9-15/h5-7,10,17H,3-4,8-9,11-12H2,1-2H3. The Morgan fingerprint density at radius 1 is 1.29 bits per heavy atom. The second kappa shape index (κ2) is 5.09. The van der Waals surface area contributed by atoms with Crippen molar-refractivity contribution in [3.05, 3.63) is 29.8 Å². The molecule has 0 heterocycles. The molecule has 0 radical (unpaired) electrons. The molecule has 0 amide bonds. The van der Waals surface area contributed by atoms with Crippen LogP contribution in [0.5, 0.6) is 0 Å². The molecule has 0 atom stereocenters. The Morgan fingerprint density at radius 2 is 2.00 bits per heavy atom. The van der Waals surface area contributed by atoms with E-state index in [-0.39, 0.29) is 5.41 Å².